The third-order valence-corrected chi connectivity index (χ3v) is 8.73. The molecule has 0 radical (unpaired) electrons. The van der Waals surface area contributed by atoms with E-state index in [1.165, 1.54) is 13.0 Å². The van der Waals surface area contributed by atoms with Crippen molar-refractivity contribution in [1.82, 2.24) is 0 Å². The number of ether oxygens (including phenoxy) is 2. The Balaban J connectivity index is 1.67. The topological polar surface area (TPSA) is 72.8 Å². The van der Waals surface area contributed by atoms with Gasteiger partial charge in [0.05, 0.1) is 12.2 Å². The molecule has 0 amide bonds. The predicted octanol–water partition coefficient (Wildman–Crippen LogP) is 6.66. The SMILES string of the molecule is C=CC(=C)CC[C@@H]1[C@@]2(C)CCC[C@](C)(COC(=O)C=Cc3ccc(OC(C)=O)cc3)[C@@H]2CC[C@@]1(C)O. The van der Waals surface area contributed by atoms with E-state index in [0.29, 0.717) is 18.3 Å². The number of allylic oxidation sites excluding steroid dienone is 2. The van der Waals surface area contributed by atoms with Gasteiger partial charge in [-0.05, 0) is 86.5 Å². The molecular formula is C31H42O5. The second-order valence-electron chi connectivity index (χ2n) is 11.5. The number of fused-ring (bicyclic) bond motifs is 1. The summed E-state index contributed by atoms with van der Waals surface area (Å²) in [4.78, 5) is 23.6. The van der Waals surface area contributed by atoms with Crippen molar-refractivity contribution >= 4 is 18.0 Å². The molecule has 0 aromatic heterocycles. The van der Waals surface area contributed by atoms with Crippen LogP contribution in [0, 0.1) is 22.7 Å². The molecule has 0 heterocycles. The van der Waals surface area contributed by atoms with E-state index in [-0.39, 0.29) is 28.7 Å². The van der Waals surface area contributed by atoms with Crippen LogP contribution in [0.2, 0.25) is 0 Å². The maximum Gasteiger partial charge on any atom is 0.330 e. The zero-order valence-corrected chi connectivity index (χ0v) is 22.3. The van der Waals surface area contributed by atoms with Crippen molar-refractivity contribution in [3.05, 3.63) is 60.7 Å². The first kappa shape index (κ1) is 27.9. The molecule has 0 aliphatic heterocycles. The lowest BCUT2D eigenvalue weighted by molar-refractivity contribution is -0.185. The van der Waals surface area contributed by atoms with Crippen molar-refractivity contribution in [2.45, 2.75) is 78.2 Å². The van der Waals surface area contributed by atoms with Gasteiger partial charge in [-0.2, -0.15) is 0 Å². The summed E-state index contributed by atoms with van der Waals surface area (Å²) in [5.41, 5.74) is 0.957. The third kappa shape index (κ3) is 6.36. The van der Waals surface area contributed by atoms with Crippen LogP contribution in [-0.2, 0) is 14.3 Å². The minimum absolute atomic E-state index is 0.0257. The molecule has 5 atom stereocenters. The number of rotatable bonds is 9. The summed E-state index contributed by atoms with van der Waals surface area (Å²) >= 11 is 0. The van der Waals surface area contributed by atoms with Gasteiger partial charge in [-0.1, -0.05) is 57.2 Å². The van der Waals surface area contributed by atoms with Gasteiger partial charge in [0, 0.05) is 18.4 Å². The number of hydrogen-bond donors (Lipinski definition) is 1. The largest absolute Gasteiger partial charge is 0.462 e. The highest BCUT2D eigenvalue weighted by Gasteiger charge is 2.59. The molecule has 5 nitrogen and oxygen atoms in total. The molecular weight excluding hydrogens is 452 g/mol. The van der Waals surface area contributed by atoms with Gasteiger partial charge in [0.15, 0.2) is 0 Å². The average Bonchev–Trinajstić information content (AvgIpc) is 2.81. The first-order valence-electron chi connectivity index (χ1n) is 13.1. The van der Waals surface area contributed by atoms with E-state index in [4.69, 9.17) is 9.47 Å². The number of aliphatic hydroxyl groups is 1. The summed E-state index contributed by atoms with van der Waals surface area (Å²) in [7, 11) is 0. The number of carbonyl (C=O) groups excluding carboxylic acids is 2. The highest BCUT2D eigenvalue weighted by atomic mass is 16.5. The summed E-state index contributed by atoms with van der Waals surface area (Å²) < 4.78 is 10.8. The van der Waals surface area contributed by atoms with Crippen molar-refractivity contribution < 1.29 is 24.2 Å². The number of benzene rings is 1. The van der Waals surface area contributed by atoms with Crippen LogP contribution in [0.5, 0.6) is 5.75 Å². The maximum atomic E-state index is 12.6. The summed E-state index contributed by atoms with van der Waals surface area (Å²) in [5, 5.41) is 11.4. The zero-order valence-electron chi connectivity index (χ0n) is 22.3. The maximum absolute atomic E-state index is 12.6. The molecule has 5 heteroatoms. The minimum Gasteiger partial charge on any atom is -0.462 e. The number of hydrogen-bond acceptors (Lipinski definition) is 5. The van der Waals surface area contributed by atoms with Crippen LogP contribution < -0.4 is 4.74 Å². The third-order valence-electron chi connectivity index (χ3n) is 8.73. The van der Waals surface area contributed by atoms with Crippen LogP contribution in [0.4, 0.5) is 0 Å². The summed E-state index contributed by atoms with van der Waals surface area (Å²) in [6.07, 6.45) is 11.5. The standard InChI is InChI=1S/C31H42O5/c1-7-22(2)9-15-27-30(5)19-8-18-29(4,26(30)17-20-31(27,6)34)21-35-28(33)16-12-24-10-13-25(14-11-24)36-23(3)32/h7,10-14,16,26-27,34H,1-2,8-9,15,17-21H2,3-6H3/t26-,27+,29+,30-,31+/m0/s1. The lowest BCUT2D eigenvalue weighted by Gasteiger charge is -2.61. The second kappa shape index (κ2) is 11.2. The lowest BCUT2D eigenvalue weighted by atomic mass is 9.45. The highest BCUT2D eigenvalue weighted by molar-refractivity contribution is 5.87. The Morgan fingerprint density at radius 1 is 1.14 bits per heavy atom. The van der Waals surface area contributed by atoms with Crippen LogP contribution in [0.3, 0.4) is 0 Å². The van der Waals surface area contributed by atoms with Gasteiger partial charge in [-0.25, -0.2) is 4.79 Å². The monoisotopic (exact) mass is 494 g/mol. The van der Waals surface area contributed by atoms with Crippen LogP contribution in [-0.4, -0.2) is 29.3 Å². The van der Waals surface area contributed by atoms with E-state index in [1.54, 1.807) is 30.3 Å². The van der Waals surface area contributed by atoms with Gasteiger partial charge < -0.3 is 14.6 Å². The Bertz CT molecular complexity index is 1000. The molecule has 36 heavy (non-hydrogen) atoms. The quantitative estimate of drug-likeness (QED) is 0.180. The molecule has 2 fully saturated rings. The van der Waals surface area contributed by atoms with Gasteiger partial charge in [-0.15, -0.1) is 0 Å². The molecule has 0 saturated heterocycles. The van der Waals surface area contributed by atoms with E-state index in [1.807, 2.05) is 13.0 Å². The summed E-state index contributed by atoms with van der Waals surface area (Å²) in [6, 6.07) is 6.94. The minimum atomic E-state index is -0.713. The lowest BCUT2D eigenvalue weighted by Crippen LogP contribution is -2.59. The van der Waals surface area contributed by atoms with E-state index >= 15 is 0 Å². The summed E-state index contributed by atoms with van der Waals surface area (Å²) in [5.74, 6) is 0.254. The molecule has 2 saturated carbocycles. The fraction of sp³-hybridized carbons (Fsp3) is 0.548. The van der Waals surface area contributed by atoms with Crippen LogP contribution >= 0.6 is 0 Å². The fourth-order valence-corrected chi connectivity index (χ4v) is 6.94. The van der Waals surface area contributed by atoms with Gasteiger partial charge in [0.1, 0.15) is 5.75 Å². The van der Waals surface area contributed by atoms with E-state index in [9.17, 15) is 14.7 Å². The molecule has 1 aromatic rings. The van der Waals surface area contributed by atoms with Crippen LogP contribution in [0.25, 0.3) is 6.08 Å². The Hall–Kier alpha value is -2.66. The number of carbonyl (C=O) groups is 2. The Kier molecular flexibility index (Phi) is 8.66. The predicted molar refractivity (Wildman–Crippen MR) is 143 cm³/mol. The molecule has 0 unspecified atom stereocenters. The Morgan fingerprint density at radius 2 is 1.83 bits per heavy atom. The molecule has 1 N–H and O–H groups in total. The fourth-order valence-electron chi connectivity index (χ4n) is 6.94. The first-order chi connectivity index (χ1) is 16.9. The van der Waals surface area contributed by atoms with Gasteiger partial charge in [0.2, 0.25) is 0 Å². The molecule has 1 aromatic carbocycles. The molecule has 196 valence electrons. The zero-order chi connectivity index (χ0) is 26.6. The Morgan fingerprint density at radius 3 is 2.47 bits per heavy atom. The van der Waals surface area contributed by atoms with Crippen molar-refractivity contribution in [2.75, 3.05) is 6.61 Å². The number of esters is 2. The van der Waals surface area contributed by atoms with Crippen molar-refractivity contribution in [2.24, 2.45) is 22.7 Å². The smallest absolute Gasteiger partial charge is 0.330 e. The van der Waals surface area contributed by atoms with Crippen molar-refractivity contribution in [1.29, 1.82) is 0 Å². The van der Waals surface area contributed by atoms with Gasteiger partial charge in [0.25, 0.3) is 0 Å². The normalized spacial score (nSPS) is 31.9. The average molecular weight is 495 g/mol. The van der Waals surface area contributed by atoms with Crippen molar-refractivity contribution in [3.63, 3.8) is 0 Å². The summed E-state index contributed by atoms with van der Waals surface area (Å²) in [6.45, 7) is 16.2. The molecule has 0 bridgehead atoms. The Labute approximate surface area is 216 Å². The van der Waals surface area contributed by atoms with Crippen LogP contribution in [0.1, 0.15) is 78.2 Å². The van der Waals surface area contributed by atoms with Gasteiger partial charge >= 0.3 is 11.9 Å². The van der Waals surface area contributed by atoms with Gasteiger partial charge in [-0.3, -0.25) is 4.79 Å². The molecule has 2 aliphatic carbocycles. The molecule has 2 aliphatic rings. The van der Waals surface area contributed by atoms with E-state index in [2.05, 4.69) is 27.0 Å². The van der Waals surface area contributed by atoms with Crippen LogP contribution in [0.15, 0.2) is 55.1 Å². The molecule has 0 spiro atoms. The van der Waals surface area contributed by atoms with E-state index in [0.717, 1.165) is 56.1 Å². The van der Waals surface area contributed by atoms with Crippen molar-refractivity contribution in [3.8, 4) is 5.75 Å². The molecule has 3 rings (SSSR count). The second-order valence-corrected chi connectivity index (χ2v) is 11.5. The highest BCUT2D eigenvalue weighted by Crippen LogP contribution is 2.63. The van der Waals surface area contributed by atoms with E-state index < -0.39 is 5.60 Å². The first-order valence-corrected chi connectivity index (χ1v) is 13.1.